The molecule has 3 aromatic rings. The van der Waals surface area contributed by atoms with Gasteiger partial charge in [0.05, 0.1) is 12.5 Å². The van der Waals surface area contributed by atoms with Gasteiger partial charge in [-0.1, -0.05) is 0 Å². The van der Waals surface area contributed by atoms with Gasteiger partial charge in [0.15, 0.2) is 11.3 Å². The summed E-state index contributed by atoms with van der Waals surface area (Å²) in [5.41, 5.74) is -1.92. The van der Waals surface area contributed by atoms with E-state index in [0.29, 0.717) is 16.4 Å². The number of halogens is 3. The van der Waals surface area contributed by atoms with Crippen molar-refractivity contribution in [1.82, 2.24) is 14.8 Å². The lowest BCUT2D eigenvalue weighted by molar-refractivity contribution is -0.143. The van der Waals surface area contributed by atoms with Gasteiger partial charge in [0.2, 0.25) is 0 Å². The van der Waals surface area contributed by atoms with Gasteiger partial charge in [0.25, 0.3) is 0 Å². The van der Waals surface area contributed by atoms with Gasteiger partial charge in [-0.05, 0) is 6.07 Å². The molecule has 0 aliphatic carbocycles. The number of carbonyl (C=O) groups is 1. The molecule has 0 radical (unpaired) electrons. The van der Waals surface area contributed by atoms with Crippen LogP contribution in [0.5, 0.6) is 0 Å². The van der Waals surface area contributed by atoms with Crippen molar-refractivity contribution in [2.24, 2.45) is 0 Å². The molecule has 0 atom stereocenters. The molecular formula is C12H6F3N3O3. The van der Waals surface area contributed by atoms with Crippen molar-refractivity contribution < 1.29 is 27.5 Å². The maximum absolute atomic E-state index is 13.1. The van der Waals surface area contributed by atoms with Crippen molar-refractivity contribution in [3.05, 3.63) is 42.0 Å². The second-order valence-corrected chi connectivity index (χ2v) is 4.09. The molecule has 0 unspecified atom stereocenters. The number of rotatable bonds is 2. The molecule has 3 rings (SSSR count). The lowest BCUT2D eigenvalue weighted by atomic mass is 10.2. The van der Waals surface area contributed by atoms with Gasteiger partial charge in [-0.2, -0.15) is 18.3 Å². The highest BCUT2D eigenvalue weighted by Gasteiger charge is 2.41. The highest BCUT2D eigenvalue weighted by atomic mass is 19.4. The Morgan fingerprint density at radius 3 is 2.76 bits per heavy atom. The number of carboxylic acids is 1. The number of carboxylic acid groups (broad SMARTS) is 1. The number of aromatic nitrogens is 3. The average Bonchev–Trinajstić information content (AvgIpc) is 3.04. The summed E-state index contributed by atoms with van der Waals surface area (Å²) < 4.78 is 45.0. The fourth-order valence-electron chi connectivity index (χ4n) is 1.99. The van der Waals surface area contributed by atoms with Crippen LogP contribution in [0.15, 0.2) is 35.2 Å². The smallest absolute Gasteiger partial charge is 0.434 e. The molecule has 0 fully saturated rings. The van der Waals surface area contributed by atoms with Gasteiger partial charge < -0.3 is 9.52 Å². The van der Waals surface area contributed by atoms with Crippen molar-refractivity contribution in [3.8, 4) is 5.69 Å². The lowest BCUT2D eigenvalue weighted by Gasteiger charge is -2.11. The summed E-state index contributed by atoms with van der Waals surface area (Å²) in [5.74, 6) is -1.71. The number of aromatic carboxylic acids is 1. The first-order valence-corrected chi connectivity index (χ1v) is 5.60. The molecule has 9 heteroatoms. The first kappa shape index (κ1) is 13.2. The molecule has 0 aliphatic rings. The van der Waals surface area contributed by atoms with E-state index in [1.165, 1.54) is 24.6 Å². The Bertz CT molecular complexity index is 835. The molecule has 0 saturated heterocycles. The Balaban J connectivity index is 2.33. The molecule has 3 heterocycles. The van der Waals surface area contributed by atoms with E-state index in [9.17, 15) is 18.0 Å². The third-order valence-electron chi connectivity index (χ3n) is 2.82. The summed E-state index contributed by atoms with van der Waals surface area (Å²) in [5, 5.41) is 12.4. The van der Waals surface area contributed by atoms with Crippen LogP contribution >= 0.6 is 0 Å². The topological polar surface area (TPSA) is 81.1 Å². The van der Waals surface area contributed by atoms with Crippen molar-refractivity contribution in [3.63, 3.8) is 0 Å². The van der Waals surface area contributed by atoms with Gasteiger partial charge in [-0.15, -0.1) is 0 Å². The second-order valence-electron chi connectivity index (χ2n) is 4.09. The van der Waals surface area contributed by atoms with Crippen LogP contribution in [0, 0.1) is 0 Å². The molecule has 3 aromatic heterocycles. The van der Waals surface area contributed by atoms with E-state index >= 15 is 0 Å². The van der Waals surface area contributed by atoms with E-state index in [-0.39, 0.29) is 11.3 Å². The molecular weight excluding hydrogens is 291 g/mol. The summed E-state index contributed by atoms with van der Waals surface area (Å²) in [6, 6.07) is 2.74. The van der Waals surface area contributed by atoms with Crippen LogP contribution in [0.2, 0.25) is 0 Å². The maximum Gasteiger partial charge on any atom is 0.434 e. The lowest BCUT2D eigenvalue weighted by Crippen LogP contribution is -2.17. The van der Waals surface area contributed by atoms with Crippen molar-refractivity contribution in [2.75, 3.05) is 0 Å². The molecule has 0 bridgehead atoms. The zero-order valence-electron chi connectivity index (χ0n) is 10.1. The van der Waals surface area contributed by atoms with Crippen LogP contribution in [-0.2, 0) is 6.18 Å². The normalized spacial score (nSPS) is 12.0. The molecule has 6 nitrogen and oxygen atoms in total. The number of hydrogen-bond acceptors (Lipinski definition) is 4. The summed E-state index contributed by atoms with van der Waals surface area (Å²) in [6.07, 6.45) is -1.67. The number of fused-ring (bicyclic) bond motifs is 1. The van der Waals surface area contributed by atoms with E-state index < -0.39 is 23.4 Å². The second kappa shape index (κ2) is 4.33. The molecule has 0 amide bonds. The first-order chi connectivity index (χ1) is 9.89. The van der Waals surface area contributed by atoms with E-state index in [4.69, 9.17) is 9.52 Å². The minimum absolute atomic E-state index is 0.0372. The summed E-state index contributed by atoms with van der Waals surface area (Å²) in [6.45, 7) is 0. The first-order valence-electron chi connectivity index (χ1n) is 5.60. The molecule has 0 aliphatic heterocycles. The maximum atomic E-state index is 13.1. The van der Waals surface area contributed by atoms with Crippen LogP contribution in [0.25, 0.3) is 16.8 Å². The number of furan rings is 1. The Morgan fingerprint density at radius 2 is 2.10 bits per heavy atom. The van der Waals surface area contributed by atoms with Crippen LogP contribution in [0.1, 0.15) is 16.1 Å². The van der Waals surface area contributed by atoms with Crippen molar-refractivity contribution in [1.29, 1.82) is 0 Å². The third-order valence-corrected chi connectivity index (χ3v) is 2.82. The third kappa shape index (κ3) is 2.02. The highest BCUT2D eigenvalue weighted by Crippen LogP contribution is 2.35. The quantitative estimate of drug-likeness (QED) is 0.786. The minimum Gasteiger partial charge on any atom is -0.478 e. The van der Waals surface area contributed by atoms with Crippen LogP contribution in [0.4, 0.5) is 13.2 Å². The van der Waals surface area contributed by atoms with Gasteiger partial charge in [-0.25, -0.2) is 9.48 Å². The predicted octanol–water partition coefficient (Wildman–Crippen LogP) is 2.73. The minimum atomic E-state index is -4.88. The fraction of sp³-hybridized carbons (Fsp3) is 0.0833. The largest absolute Gasteiger partial charge is 0.478 e. The molecule has 0 aromatic carbocycles. The SMILES string of the molecule is O=C(O)c1cnn(-c2ccnc3ccoc23)c1C(F)(F)F. The summed E-state index contributed by atoms with van der Waals surface area (Å²) in [4.78, 5) is 14.9. The van der Waals surface area contributed by atoms with E-state index in [1.807, 2.05) is 0 Å². The Hall–Kier alpha value is -2.84. The Kier molecular flexibility index (Phi) is 2.71. The van der Waals surface area contributed by atoms with Gasteiger partial charge >= 0.3 is 12.1 Å². The molecule has 21 heavy (non-hydrogen) atoms. The fourth-order valence-corrected chi connectivity index (χ4v) is 1.99. The molecule has 108 valence electrons. The van der Waals surface area contributed by atoms with Crippen LogP contribution in [-0.4, -0.2) is 25.8 Å². The number of nitrogens with zero attached hydrogens (tertiary/aromatic N) is 3. The van der Waals surface area contributed by atoms with E-state index in [1.54, 1.807) is 0 Å². The molecule has 1 N–H and O–H groups in total. The van der Waals surface area contributed by atoms with Crippen molar-refractivity contribution >= 4 is 17.1 Å². The molecule has 0 saturated carbocycles. The average molecular weight is 297 g/mol. The Morgan fingerprint density at radius 1 is 1.33 bits per heavy atom. The zero-order chi connectivity index (χ0) is 15.2. The highest BCUT2D eigenvalue weighted by molar-refractivity contribution is 5.89. The van der Waals surface area contributed by atoms with Crippen molar-refractivity contribution in [2.45, 2.75) is 6.18 Å². The summed E-state index contributed by atoms with van der Waals surface area (Å²) >= 11 is 0. The standard InChI is InChI=1S/C12H6F3N3O3/c13-12(14,15)10-6(11(19)20)5-17-18(10)8-1-3-16-7-2-4-21-9(7)8/h1-5H,(H,19,20). The van der Waals surface area contributed by atoms with E-state index in [2.05, 4.69) is 10.1 Å². The predicted molar refractivity (Wildman–Crippen MR) is 63.1 cm³/mol. The number of hydrogen-bond donors (Lipinski definition) is 1. The molecule has 0 spiro atoms. The van der Waals surface area contributed by atoms with Gasteiger partial charge in [-0.3, -0.25) is 4.98 Å². The Labute approximate surface area is 114 Å². The monoisotopic (exact) mass is 297 g/mol. The van der Waals surface area contributed by atoms with E-state index in [0.717, 1.165) is 0 Å². The summed E-state index contributed by atoms with van der Waals surface area (Å²) in [7, 11) is 0. The van der Waals surface area contributed by atoms with Crippen LogP contribution < -0.4 is 0 Å². The number of pyridine rings is 1. The van der Waals surface area contributed by atoms with Gasteiger partial charge in [0, 0.05) is 12.3 Å². The number of alkyl halides is 3. The van der Waals surface area contributed by atoms with Gasteiger partial charge in [0.1, 0.15) is 16.8 Å². The zero-order valence-corrected chi connectivity index (χ0v) is 10.1. The van der Waals surface area contributed by atoms with Crippen LogP contribution in [0.3, 0.4) is 0 Å².